The van der Waals surface area contributed by atoms with Gasteiger partial charge >= 0.3 is 12.1 Å². The highest BCUT2D eigenvalue weighted by molar-refractivity contribution is 5.90. The number of rotatable bonds is 8. The zero-order valence-electron chi connectivity index (χ0n) is 25.6. The van der Waals surface area contributed by atoms with Gasteiger partial charge in [-0.1, -0.05) is 26.2 Å². The lowest BCUT2D eigenvalue weighted by Gasteiger charge is -2.34. The molecule has 3 atom stereocenters. The van der Waals surface area contributed by atoms with Gasteiger partial charge in [0.05, 0.1) is 32.7 Å². The minimum atomic E-state index is -0.460. The van der Waals surface area contributed by atoms with E-state index in [1.54, 1.807) is 73.3 Å². The molecular weight excluding hydrogens is 550 g/mol. The number of nitrogens with zero attached hydrogens (tertiary/aromatic N) is 2. The number of nitrogens with one attached hydrogen (secondary N) is 3. The summed E-state index contributed by atoms with van der Waals surface area (Å²) in [4.78, 5) is 42.5. The highest BCUT2D eigenvalue weighted by Crippen LogP contribution is 2.29. The van der Waals surface area contributed by atoms with Crippen LogP contribution >= 0.6 is 0 Å². The standard InChI is InChI=1S/C32H45N5O6/c1-21-18-37(22(2)20-38)30(39)17-23-16-26(34-31(40)33-24-8-6-5-7-9-24)12-15-28(23)43-29(21)19-36(3)32(41)35-25-10-13-27(42-4)14-11-25/h10-16,21-22,24,29,38H,5-9,17-20H2,1-4H3,(H,35,41)(H2,33,34,40)/t21-,22-,29-/m1/s1. The smallest absolute Gasteiger partial charge is 0.321 e. The Morgan fingerprint density at radius 2 is 1.79 bits per heavy atom. The number of hydrogen-bond donors (Lipinski definition) is 4. The molecule has 1 saturated carbocycles. The van der Waals surface area contributed by atoms with Gasteiger partial charge in [-0.2, -0.15) is 0 Å². The van der Waals surface area contributed by atoms with E-state index >= 15 is 0 Å². The molecule has 4 rings (SSSR count). The van der Waals surface area contributed by atoms with Gasteiger partial charge in [-0.25, -0.2) is 9.59 Å². The highest BCUT2D eigenvalue weighted by Gasteiger charge is 2.32. The second kappa shape index (κ2) is 15.0. The maximum atomic E-state index is 13.5. The van der Waals surface area contributed by atoms with Gasteiger partial charge in [-0.05, 0) is 62.2 Å². The SMILES string of the molecule is COc1ccc(NC(=O)N(C)C[C@H]2Oc3ccc(NC(=O)NC4CCCCC4)cc3CC(=O)N([C@H](C)CO)C[C@H]2C)cc1. The maximum Gasteiger partial charge on any atom is 0.321 e. The van der Waals surface area contributed by atoms with Crippen molar-refractivity contribution >= 4 is 29.3 Å². The normalized spacial score (nSPS) is 19.9. The van der Waals surface area contributed by atoms with Crippen LogP contribution in [0.2, 0.25) is 0 Å². The number of carbonyl (C=O) groups excluding carboxylic acids is 3. The molecule has 2 aromatic carbocycles. The van der Waals surface area contributed by atoms with Crippen LogP contribution in [0, 0.1) is 5.92 Å². The van der Waals surface area contributed by atoms with Gasteiger partial charge in [0.25, 0.3) is 0 Å². The summed E-state index contributed by atoms with van der Waals surface area (Å²) in [6.07, 6.45) is 4.97. The number of carbonyl (C=O) groups is 3. The second-order valence-corrected chi connectivity index (χ2v) is 11.7. The van der Waals surface area contributed by atoms with Crippen LogP contribution in [0.4, 0.5) is 21.0 Å². The van der Waals surface area contributed by atoms with Gasteiger partial charge in [0, 0.05) is 42.5 Å². The first-order valence-corrected chi connectivity index (χ1v) is 15.1. The predicted octanol–water partition coefficient (Wildman–Crippen LogP) is 4.46. The molecule has 0 aromatic heterocycles. The third-order valence-electron chi connectivity index (χ3n) is 8.26. The lowest BCUT2D eigenvalue weighted by molar-refractivity contribution is -0.134. The van der Waals surface area contributed by atoms with Gasteiger partial charge in [0.2, 0.25) is 5.91 Å². The number of likely N-dealkylation sites (N-methyl/N-ethyl adjacent to an activating group) is 1. The second-order valence-electron chi connectivity index (χ2n) is 11.7. The Morgan fingerprint density at radius 1 is 1.09 bits per heavy atom. The van der Waals surface area contributed by atoms with Crippen LogP contribution in [0.3, 0.4) is 0 Å². The molecule has 5 amide bonds. The minimum absolute atomic E-state index is 0.0483. The summed E-state index contributed by atoms with van der Waals surface area (Å²) in [7, 11) is 3.28. The van der Waals surface area contributed by atoms with E-state index in [1.165, 1.54) is 6.42 Å². The summed E-state index contributed by atoms with van der Waals surface area (Å²) >= 11 is 0. The molecular formula is C32H45N5O6. The van der Waals surface area contributed by atoms with Crippen molar-refractivity contribution in [1.29, 1.82) is 0 Å². The molecule has 2 aliphatic rings. The number of urea groups is 2. The number of fused-ring (bicyclic) bond motifs is 1. The molecule has 0 bridgehead atoms. The van der Waals surface area contributed by atoms with Crippen molar-refractivity contribution in [3.63, 3.8) is 0 Å². The largest absolute Gasteiger partial charge is 0.497 e. The van der Waals surface area contributed by atoms with Crippen molar-refractivity contribution in [1.82, 2.24) is 15.1 Å². The van der Waals surface area contributed by atoms with Gasteiger partial charge in [0.15, 0.2) is 0 Å². The van der Waals surface area contributed by atoms with E-state index in [0.717, 1.165) is 25.7 Å². The summed E-state index contributed by atoms with van der Waals surface area (Å²) < 4.78 is 11.7. The number of ether oxygens (including phenoxy) is 2. The van der Waals surface area contributed by atoms with Gasteiger partial charge in [0.1, 0.15) is 17.6 Å². The van der Waals surface area contributed by atoms with Gasteiger partial charge in [-0.3, -0.25) is 4.79 Å². The fourth-order valence-electron chi connectivity index (χ4n) is 5.57. The third kappa shape index (κ3) is 8.76. The first-order valence-electron chi connectivity index (χ1n) is 15.1. The van der Waals surface area contributed by atoms with Gasteiger partial charge in [-0.15, -0.1) is 0 Å². The molecule has 0 saturated heterocycles. The fraction of sp³-hybridized carbons (Fsp3) is 0.531. The molecule has 234 valence electrons. The molecule has 11 nitrogen and oxygen atoms in total. The van der Waals surface area contributed by atoms with Crippen LogP contribution < -0.4 is 25.4 Å². The van der Waals surface area contributed by atoms with Crippen LogP contribution in [-0.4, -0.2) is 84.9 Å². The number of hydrogen-bond acceptors (Lipinski definition) is 6. The summed E-state index contributed by atoms with van der Waals surface area (Å²) in [6, 6.07) is 11.6. The Kier molecular flexibility index (Phi) is 11.1. The molecule has 11 heteroatoms. The van der Waals surface area contributed by atoms with Crippen molar-refractivity contribution in [2.24, 2.45) is 5.92 Å². The first-order chi connectivity index (χ1) is 20.7. The molecule has 2 aromatic rings. The van der Waals surface area contributed by atoms with Crippen LogP contribution in [0.1, 0.15) is 51.5 Å². The van der Waals surface area contributed by atoms with Gasteiger partial charge < -0.3 is 40.3 Å². The monoisotopic (exact) mass is 595 g/mol. The van der Waals surface area contributed by atoms with E-state index in [-0.39, 0.29) is 49.5 Å². The number of anilines is 2. The zero-order valence-corrected chi connectivity index (χ0v) is 25.6. The lowest BCUT2D eigenvalue weighted by atomic mass is 9.96. The Bertz CT molecular complexity index is 1250. The zero-order chi connectivity index (χ0) is 30.9. The van der Waals surface area contributed by atoms with E-state index in [2.05, 4.69) is 16.0 Å². The summed E-state index contributed by atoms with van der Waals surface area (Å²) in [6.45, 7) is 4.20. The summed E-state index contributed by atoms with van der Waals surface area (Å²) in [5.41, 5.74) is 1.82. The number of benzene rings is 2. The van der Waals surface area contributed by atoms with E-state index < -0.39 is 12.1 Å². The number of amides is 5. The molecule has 0 radical (unpaired) electrons. The molecule has 0 unspecified atom stereocenters. The molecule has 4 N–H and O–H groups in total. The maximum absolute atomic E-state index is 13.5. The van der Waals surface area contributed by atoms with E-state index in [0.29, 0.717) is 35.0 Å². The van der Waals surface area contributed by atoms with Crippen molar-refractivity contribution < 1.29 is 29.0 Å². The summed E-state index contributed by atoms with van der Waals surface area (Å²) in [5, 5.41) is 18.8. The lowest BCUT2D eigenvalue weighted by Crippen LogP contribution is -2.48. The molecule has 1 aliphatic heterocycles. The first kappa shape index (κ1) is 31.9. The Balaban J connectivity index is 1.52. The number of aliphatic hydroxyl groups excluding tert-OH is 1. The van der Waals surface area contributed by atoms with Crippen molar-refractivity contribution in [2.45, 2.75) is 70.6 Å². The number of aliphatic hydroxyl groups is 1. The van der Waals surface area contributed by atoms with E-state index in [1.807, 2.05) is 6.92 Å². The quantitative estimate of drug-likeness (QED) is 0.356. The van der Waals surface area contributed by atoms with E-state index in [4.69, 9.17) is 9.47 Å². The molecule has 1 fully saturated rings. The molecule has 1 heterocycles. The summed E-state index contributed by atoms with van der Waals surface area (Å²) in [5.74, 6) is 0.899. The molecule has 43 heavy (non-hydrogen) atoms. The third-order valence-corrected chi connectivity index (χ3v) is 8.26. The Labute approximate surface area is 253 Å². The van der Waals surface area contributed by atoms with Crippen LogP contribution in [-0.2, 0) is 11.2 Å². The van der Waals surface area contributed by atoms with E-state index in [9.17, 15) is 19.5 Å². The van der Waals surface area contributed by atoms with Crippen molar-refractivity contribution in [2.75, 3.05) is 44.5 Å². The topological polar surface area (TPSA) is 132 Å². The average Bonchev–Trinajstić information content (AvgIpc) is 3.04. The van der Waals surface area contributed by atoms with Crippen LogP contribution in [0.5, 0.6) is 11.5 Å². The predicted molar refractivity (Wildman–Crippen MR) is 166 cm³/mol. The minimum Gasteiger partial charge on any atom is -0.497 e. The van der Waals surface area contributed by atoms with Crippen LogP contribution in [0.15, 0.2) is 42.5 Å². The van der Waals surface area contributed by atoms with Crippen LogP contribution in [0.25, 0.3) is 0 Å². The van der Waals surface area contributed by atoms with Crippen molar-refractivity contribution in [3.05, 3.63) is 48.0 Å². The molecule has 1 aliphatic carbocycles. The Morgan fingerprint density at radius 3 is 2.47 bits per heavy atom. The number of methoxy groups -OCH3 is 1. The average molecular weight is 596 g/mol. The Hall–Kier alpha value is -3.99. The van der Waals surface area contributed by atoms with Crippen molar-refractivity contribution in [3.8, 4) is 11.5 Å². The molecule has 0 spiro atoms. The highest BCUT2D eigenvalue weighted by atomic mass is 16.5. The fourth-order valence-corrected chi connectivity index (χ4v) is 5.57.